The highest BCUT2D eigenvalue weighted by Gasteiger charge is 2.19. The normalized spacial score (nSPS) is 13.2. The van der Waals surface area contributed by atoms with Crippen LogP contribution in [-0.4, -0.2) is 23.1 Å². The van der Waals surface area contributed by atoms with Crippen LogP contribution in [0.3, 0.4) is 0 Å². The van der Waals surface area contributed by atoms with Crippen molar-refractivity contribution in [2.24, 2.45) is 0 Å². The molecule has 0 aromatic carbocycles. The highest BCUT2D eigenvalue weighted by atomic mass is 28.4. The van der Waals surface area contributed by atoms with Gasteiger partial charge in [0.05, 0.1) is 8.80 Å². The molecule has 5 heteroatoms. The van der Waals surface area contributed by atoms with Gasteiger partial charge < -0.3 is 4.89 Å². The van der Waals surface area contributed by atoms with E-state index in [4.69, 9.17) is 9.46 Å². The highest BCUT2D eigenvalue weighted by molar-refractivity contribution is 6.69. The maximum Gasteiger partial charge on any atom is 0.366 e. The summed E-state index contributed by atoms with van der Waals surface area (Å²) in [7, 11) is -2.62. The molecule has 0 radical (unpaired) electrons. The van der Waals surface area contributed by atoms with Gasteiger partial charge in [-0.1, -0.05) is 18.8 Å². The van der Waals surface area contributed by atoms with Gasteiger partial charge in [0.1, 0.15) is 0 Å². The molecule has 0 bridgehead atoms. The van der Waals surface area contributed by atoms with Crippen LogP contribution < -0.4 is 0 Å². The van der Waals surface area contributed by atoms with Crippen molar-refractivity contribution in [1.29, 1.82) is 0 Å². The lowest BCUT2D eigenvalue weighted by molar-refractivity contribution is -0.214. The molecule has 0 aliphatic rings. The summed E-state index contributed by atoms with van der Waals surface area (Å²) in [6.07, 6.45) is 0. The van der Waals surface area contributed by atoms with Crippen LogP contribution in [0.5, 0.6) is 0 Å². The van der Waals surface area contributed by atoms with Crippen LogP contribution in [-0.2, 0) is 14.3 Å². The molecule has 0 atom stereocenters. The molecule has 0 rings (SSSR count). The Hall–Kier alpha value is -0.396. The molecule has 3 nitrogen and oxygen atoms in total. The zero-order valence-corrected chi connectivity index (χ0v) is 12.0. The highest BCUT2D eigenvalue weighted by Crippen LogP contribution is 2.06. The van der Waals surface area contributed by atoms with Gasteiger partial charge in [0.15, 0.2) is 0 Å². The Morgan fingerprint density at radius 3 is 2.14 bits per heavy atom. The second-order valence-corrected chi connectivity index (χ2v) is 11.9. The second-order valence-electron chi connectivity index (χ2n) is 4.66. The van der Waals surface area contributed by atoms with Crippen molar-refractivity contribution in [2.75, 3.05) is 0 Å². The van der Waals surface area contributed by atoms with Crippen LogP contribution in [0.15, 0.2) is 11.3 Å². The summed E-state index contributed by atoms with van der Waals surface area (Å²) in [5.41, 5.74) is 2.65. The first-order valence-corrected chi connectivity index (χ1v) is 11.2. The second kappa shape index (κ2) is 5.48. The van der Waals surface area contributed by atoms with Crippen LogP contribution in [0.1, 0.15) is 6.92 Å². The minimum absolute atomic E-state index is 0.353. The molecule has 0 spiro atoms. The van der Waals surface area contributed by atoms with Gasteiger partial charge in [-0.3, -0.25) is 0 Å². The van der Waals surface area contributed by atoms with Crippen LogP contribution >= 0.6 is 0 Å². The summed E-state index contributed by atoms with van der Waals surface area (Å²) in [6.45, 7) is 12.0. The molecule has 0 saturated carbocycles. The number of hydrogen-bond acceptors (Lipinski definition) is 3. The molecule has 0 fully saturated rings. The topological polar surface area (TPSA) is 35.5 Å². The van der Waals surface area contributed by atoms with Gasteiger partial charge in [0, 0.05) is 5.57 Å². The number of rotatable bonds is 4. The first-order valence-electron chi connectivity index (χ1n) is 4.81. The quantitative estimate of drug-likeness (QED) is 0.323. The standard InChI is InChI=1S/C9H20O3Si2/c1-8(7-13(2)3)9(10)11-12-14(4,5)6/h7,13H,1-6H3. The van der Waals surface area contributed by atoms with Gasteiger partial charge in [0.25, 0.3) is 0 Å². The zero-order chi connectivity index (χ0) is 11.4. The first-order chi connectivity index (χ1) is 6.22. The molecule has 0 saturated heterocycles. The van der Waals surface area contributed by atoms with Crippen molar-refractivity contribution in [3.63, 3.8) is 0 Å². The van der Waals surface area contributed by atoms with Crippen molar-refractivity contribution in [2.45, 2.75) is 39.7 Å². The minimum atomic E-state index is -1.76. The van der Waals surface area contributed by atoms with Crippen molar-refractivity contribution < 1.29 is 14.3 Å². The Labute approximate surface area is 88.8 Å². The summed E-state index contributed by atoms with van der Waals surface area (Å²) < 4.78 is 5.06. The fourth-order valence-electron chi connectivity index (χ4n) is 0.797. The Kier molecular flexibility index (Phi) is 5.32. The van der Waals surface area contributed by atoms with Gasteiger partial charge in [-0.25, -0.2) is 9.37 Å². The Morgan fingerprint density at radius 1 is 1.29 bits per heavy atom. The van der Waals surface area contributed by atoms with E-state index in [0.717, 1.165) is 0 Å². The van der Waals surface area contributed by atoms with Gasteiger partial charge >= 0.3 is 5.97 Å². The van der Waals surface area contributed by atoms with Gasteiger partial charge in [-0.2, -0.15) is 0 Å². The molecule has 0 unspecified atom stereocenters. The molecule has 0 aliphatic carbocycles. The van der Waals surface area contributed by atoms with Crippen molar-refractivity contribution in [1.82, 2.24) is 0 Å². The molecule has 0 aromatic rings. The molecule has 14 heavy (non-hydrogen) atoms. The molecule has 82 valence electrons. The van der Waals surface area contributed by atoms with E-state index in [-0.39, 0.29) is 5.97 Å². The van der Waals surface area contributed by atoms with Crippen LogP contribution in [0.4, 0.5) is 0 Å². The van der Waals surface area contributed by atoms with Crippen LogP contribution in [0, 0.1) is 0 Å². The van der Waals surface area contributed by atoms with Gasteiger partial charge in [-0.05, 0) is 26.6 Å². The van der Waals surface area contributed by atoms with Crippen LogP contribution in [0.25, 0.3) is 0 Å². The van der Waals surface area contributed by atoms with Crippen molar-refractivity contribution in [3.8, 4) is 0 Å². The van der Waals surface area contributed by atoms with E-state index in [1.807, 2.05) is 25.3 Å². The Morgan fingerprint density at radius 2 is 1.79 bits per heavy atom. The van der Waals surface area contributed by atoms with Gasteiger partial charge in [-0.15, -0.1) is 0 Å². The largest absolute Gasteiger partial charge is 0.366 e. The summed E-state index contributed by atoms with van der Waals surface area (Å²) in [4.78, 5) is 16.1. The predicted octanol–water partition coefficient (Wildman–Crippen LogP) is 2.27. The fourth-order valence-corrected chi connectivity index (χ4v) is 2.26. The maximum atomic E-state index is 11.4. The SMILES string of the molecule is CC(=C[SiH](C)C)C(=O)OO[Si](C)(C)C. The first kappa shape index (κ1) is 13.6. The zero-order valence-electron chi connectivity index (χ0n) is 9.88. The lowest BCUT2D eigenvalue weighted by Crippen LogP contribution is -2.27. The van der Waals surface area contributed by atoms with E-state index >= 15 is 0 Å². The van der Waals surface area contributed by atoms with E-state index < -0.39 is 17.1 Å². The number of hydrogen-bond donors (Lipinski definition) is 0. The van der Waals surface area contributed by atoms with E-state index in [1.54, 1.807) is 6.92 Å². The molecule has 0 aromatic heterocycles. The third kappa shape index (κ3) is 7.05. The average Bonchev–Trinajstić information content (AvgIpc) is 1.97. The number of carbonyl (C=O) groups is 1. The summed E-state index contributed by atoms with van der Waals surface area (Å²) in [5, 5.41) is 0. The lowest BCUT2D eigenvalue weighted by Gasteiger charge is -2.14. The minimum Gasteiger partial charge on any atom is -0.305 e. The summed E-state index contributed by atoms with van der Waals surface area (Å²) in [5.74, 6) is -0.353. The fraction of sp³-hybridized carbons (Fsp3) is 0.667. The Bertz CT molecular complexity index is 229. The predicted molar refractivity (Wildman–Crippen MR) is 63.2 cm³/mol. The Balaban J connectivity index is 4.10. The van der Waals surface area contributed by atoms with Gasteiger partial charge in [0.2, 0.25) is 8.32 Å². The smallest absolute Gasteiger partial charge is 0.305 e. The molecular formula is C9H20O3Si2. The van der Waals surface area contributed by atoms with E-state index in [9.17, 15) is 4.79 Å². The van der Waals surface area contributed by atoms with Crippen molar-refractivity contribution in [3.05, 3.63) is 11.3 Å². The molecule has 0 amide bonds. The summed E-state index contributed by atoms with van der Waals surface area (Å²) in [6, 6.07) is 0. The summed E-state index contributed by atoms with van der Waals surface area (Å²) >= 11 is 0. The molecule has 0 aliphatic heterocycles. The average molecular weight is 232 g/mol. The number of carbonyl (C=O) groups excluding carboxylic acids is 1. The monoisotopic (exact) mass is 232 g/mol. The van der Waals surface area contributed by atoms with E-state index in [0.29, 0.717) is 5.57 Å². The third-order valence-electron chi connectivity index (χ3n) is 1.27. The van der Waals surface area contributed by atoms with E-state index in [1.165, 1.54) is 0 Å². The molecular weight excluding hydrogens is 212 g/mol. The van der Waals surface area contributed by atoms with Crippen molar-refractivity contribution >= 4 is 23.1 Å². The van der Waals surface area contributed by atoms with E-state index in [2.05, 4.69) is 13.1 Å². The maximum absolute atomic E-state index is 11.4. The van der Waals surface area contributed by atoms with Crippen LogP contribution in [0.2, 0.25) is 32.7 Å². The molecule has 0 N–H and O–H groups in total. The third-order valence-corrected chi connectivity index (χ3v) is 3.02. The lowest BCUT2D eigenvalue weighted by atomic mass is 10.4. The molecule has 0 heterocycles.